The predicted molar refractivity (Wildman–Crippen MR) is 84.3 cm³/mol. The lowest BCUT2D eigenvalue weighted by molar-refractivity contribution is 0.102. The van der Waals surface area contributed by atoms with Crippen molar-refractivity contribution >= 4 is 17.4 Å². The molecule has 0 aliphatic heterocycles. The molecule has 2 N–H and O–H groups in total. The highest BCUT2D eigenvalue weighted by Gasteiger charge is 2.09. The summed E-state index contributed by atoms with van der Waals surface area (Å²) in [5.74, 6) is 0.494. The largest absolute Gasteiger partial charge is 0.370 e. The van der Waals surface area contributed by atoms with Crippen molar-refractivity contribution in [2.75, 3.05) is 17.2 Å². The van der Waals surface area contributed by atoms with Gasteiger partial charge in [0, 0.05) is 18.3 Å². The summed E-state index contributed by atoms with van der Waals surface area (Å²) in [7, 11) is 0. The minimum absolute atomic E-state index is 0.256. The van der Waals surface area contributed by atoms with Gasteiger partial charge in [-0.15, -0.1) is 0 Å². The molecule has 0 radical (unpaired) electrons. The second kappa shape index (κ2) is 7.49. The number of hydrogen-bond donors (Lipinski definition) is 2. The van der Waals surface area contributed by atoms with Crippen LogP contribution in [0.2, 0.25) is 0 Å². The highest BCUT2D eigenvalue weighted by Crippen LogP contribution is 2.11. The number of rotatable bonds is 6. The number of nitrogens with zero attached hydrogens (tertiary/aromatic N) is 2. The summed E-state index contributed by atoms with van der Waals surface area (Å²) in [6, 6.07) is 7.16. The number of halogens is 1. The SMILES string of the molecule is CC(C)CCNc1cc(C(=O)Nc2ccc(F)cc2)ncn1. The van der Waals surface area contributed by atoms with Crippen LogP contribution < -0.4 is 10.6 Å². The minimum atomic E-state index is -0.360. The van der Waals surface area contributed by atoms with E-state index in [0.717, 1.165) is 13.0 Å². The van der Waals surface area contributed by atoms with Crippen LogP contribution in [0.4, 0.5) is 15.9 Å². The molecule has 0 saturated heterocycles. The molecule has 0 atom stereocenters. The Morgan fingerprint density at radius 3 is 2.64 bits per heavy atom. The fraction of sp³-hybridized carbons (Fsp3) is 0.312. The third-order valence-electron chi connectivity index (χ3n) is 3.03. The predicted octanol–water partition coefficient (Wildman–Crippen LogP) is 3.33. The topological polar surface area (TPSA) is 66.9 Å². The average Bonchev–Trinajstić information content (AvgIpc) is 2.49. The van der Waals surface area contributed by atoms with E-state index in [1.54, 1.807) is 6.07 Å². The van der Waals surface area contributed by atoms with Crippen LogP contribution in [0, 0.1) is 11.7 Å². The van der Waals surface area contributed by atoms with Crippen LogP contribution in [0.25, 0.3) is 0 Å². The van der Waals surface area contributed by atoms with E-state index in [0.29, 0.717) is 17.4 Å². The Labute approximate surface area is 129 Å². The number of benzene rings is 1. The van der Waals surface area contributed by atoms with Crippen molar-refractivity contribution < 1.29 is 9.18 Å². The van der Waals surface area contributed by atoms with E-state index in [-0.39, 0.29) is 17.4 Å². The van der Waals surface area contributed by atoms with Crippen molar-refractivity contribution in [1.82, 2.24) is 9.97 Å². The van der Waals surface area contributed by atoms with E-state index in [1.165, 1.54) is 30.6 Å². The fourth-order valence-corrected chi connectivity index (χ4v) is 1.80. The maximum atomic E-state index is 12.8. The fourth-order valence-electron chi connectivity index (χ4n) is 1.80. The first-order chi connectivity index (χ1) is 10.5. The molecule has 0 saturated carbocycles. The first-order valence-electron chi connectivity index (χ1n) is 7.17. The molecule has 0 spiro atoms. The molecule has 2 aromatic rings. The lowest BCUT2D eigenvalue weighted by Gasteiger charge is -2.09. The van der Waals surface area contributed by atoms with Gasteiger partial charge in [0.25, 0.3) is 5.91 Å². The smallest absolute Gasteiger partial charge is 0.274 e. The van der Waals surface area contributed by atoms with Gasteiger partial charge in [0.1, 0.15) is 23.7 Å². The third kappa shape index (κ3) is 4.80. The van der Waals surface area contributed by atoms with Crippen LogP contribution in [0.5, 0.6) is 0 Å². The molecule has 0 unspecified atom stereocenters. The molecule has 116 valence electrons. The Hall–Kier alpha value is -2.50. The second-order valence-corrected chi connectivity index (χ2v) is 5.36. The molecule has 22 heavy (non-hydrogen) atoms. The number of carbonyl (C=O) groups is 1. The van der Waals surface area contributed by atoms with Crippen molar-refractivity contribution in [3.8, 4) is 0 Å². The molecule has 1 aromatic heterocycles. The Morgan fingerprint density at radius 1 is 1.23 bits per heavy atom. The van der Waals surface area contributed by atoms with Crippen LogP contribution in [0.15, 0.2) is 36.7 Å². The van der Waals surface area contributed by atoms with Crippen LogP contribution in [-0.2, 0) is 0 Å². The van der Waals surface area contributed by atoms with Gasteiger partial charge < -0.3 is 10.6 Å². The summed E-state index contributed by atoms with van der Waals surface area (Å²) in [6.07, 6.45) is 2.36. The quantitative estimate of drug-likeness (QED) is 0.859. The van der Waals surface area contributed by atoms with E-state index < -0.39 is 0 Å². The number of aromatic nitrogens is 2. The van der Waals surface area contributed by atoms with Crippen LogP contribution in [-0.4, -0.2) is 22.4 Å². The third-order valence-corrected chi connectivity index (χ3v) is 3.03. The van der Waals surface area contributed by atoms with Crippen LogP contribution in [0.3, 0.4) is 0 Å². The summed E-state index contributed by atoms with van der Waals surface area (Å²) in [6.45, 7) is 5.07. The number of carbonyl (C=O) groups excluding carboxylic acids is 1. The Balaban J connectivity index is 1.99. The molecule has 0 bridgehead atoms. The molecular formula is C16H19FN4O. The van der Waals surface area contributed by atoms with Crippen molar-refractivity contribution in [2.24, 2.45) is 5.92 Å². The Kier molecular flexibility index (Phi) is 5.41. The van der Waals surface area contributed by atoms with Crippen molar-refractivity contribution in [3.63, 3.8) is 0 Å². The normalized spacial score (nSPS) is 10.5. The zero-order valence-corrected chi connectivity index (χ0v) is 12.6. The molecular weight excluding hydrogens is 283 g/mol. The van der Waals surface area contributed by atoms with Gasteiger partial charge in [-0.25, -0.2) is 14.4 Å². The van der Waals surface area contributed by atoms with Crippen molar-refractivity contribution in [3.05, 3.63) is 48.2 Å². The van der Waals surface area contributed by atoms with Crippen LogP contribution in [0.1, 0.15) is 30.8 Å². The van der Waals surface area contributed by atoms with Gasteiger partial charge in [-0.2, -0.15) is 0 Å². The summed E-state index contributed by atoms with van der Waals surface area (Å²) in [5.41, 5.74) is 0.769. The minimum Gasteiger partial charge on any atom is -0.370 e. The maximum absolute atomic E-state index is 12.8. The zero-order valence-electron chi connectivity index (χ0n) is 12.6. The monoisotopic (exact) mass is 302 g/mol. The lowest BCUT2D eigenvalue weighted by Crippen LogP contribution is -2.15. The highest BCUT2D eigenvalue weighted by atomic mass is 19.1. The van der Waals surface area contributed by atoms with E-state index >= 15 is 0 Å². The Morgan fingerprint density at radius 2 is 1.95 bits per heavy atom. The molecule has 0 aliphatic carbocycles. The first kappa shape index (κ1) is 15.9. The van der Waals surface area contributed by atoms with E-state index in [2.05, 4.69) is 34.4 Å². The zero-order chi connectivity index (χ0) is 15.9. The molecule has 1 amide bonds. The summed E-state index contributed by atoms with van der Waals surface area (Å²) in [5, 5.41) is 5.83. The van der Waals surface area contributed by atoms with Crippen molar-refractivity contribution in [2.45, 2.75) is 20.3 Å². The second-order valence-electron chi connectivity index (χ2n) is 5.36. The molecule has 2 rings (SSSR count). The first-order valence-corrected chi connectivity index (χ1v) is 7.17. The highest BCUT2D eigenvalue weighted by molar-refractivity contribution is 6.03. The van der Waals surface area contributed by atoms with Gasteiger partial charge in [0.05, 0.1) is 0 Å². The average molecular weight is 302 g/mol. The molecule has 1 heterocycles. The summed E-state index contributed by atoms with van der Waals surface area (Å²) in [4.78, 5) is 20.2. The summed E-state index contributed by atoms with van der Waals surface area (Å²) >= 11 is 0. The van der Waals surface area contributed by atoms with E-state index in [4.69, 9.17) is 0 Å². The molecule has 5 nitrogen and oxygen atoms in total. The number of hydrogen-bond acceptors (Lipinski definition) is 4. The standard InChI is InChI=1S/C16H19FN4O/c1-11(2)7-8-18-15-9-14(19-10-20-15)16(22)21-13-5-3-12(17)4-6-13/h3-6,9-11H,7-8H2,1-2H3,(H,21,22)(H,18,19,20). The number of nitrogens with one attached hydrogen (secondary N) is 2. The Bertz CT molecular complexity index is 628. The van der Waals surface area contributed by atoms with Gasteiger partial charge in [0.2, 0.25) is 0 Å². The maximum Gasteiger partial charge on any atom is 0.274 e. The molecule has 0 fully saturated rings. The molecule has 1 aromatic carbocycles. The summed E-state index contributed by atoms with van der Waals surface area (Å²) < 4.78 is 12.8. The number of amides is 1. The van der Waals surface area contributed by atoms with E-state index in [9.17, 15) is 9.18 Å². The van der Waals surface area contributed by atoms with Gasteiger partial charge in [-0.1, -0.05) is 13.8 Å². The van der Waals surface area contributed by atoms with Crippen LogP contribution >= 0.6 is 0 Å². The lowest BCUT2D eigenvalue weighted by atomic mass is 10.1. The molecule has 6 heteroatoms. The van der Waals surface area contributed by atoms with Gasteiger partial charge in [0.15, 0.2) is 0 Å². The van der Waals surface area contributed by atoms with Gasteiger partial charge in [-0.05, 0) is 36.6 Å². The van der Waals surface area contributed by atoms with E-state index in [1.807, 2.05) is 0 Å². The van der Waals surface area contributed by atoms with Crippen molar-refractivity contribution in [1.29, 1.82) is 0 Å². The number of anilines is 2. The van der Waals surface area contributed by atoms with Gasteiger partial charge >= 0.3 is 0 Å². The van der Waals surface area contributed by atoms with Gasteiger partial charge in [-0.3, -0.25) is 4.79 Å². The molecule has 0 aliphatic rings.